The Morgan fingerprint density at radius 1 is 1.31 bits per heavy atom. The molecule has 0 aliphatic heterocycles. The minimum atomic E-state index is 0.606. The van der Waals surface area contributed by atoms with Crippen molar-refractivity contribution in [1.29, 1.82) is 0 Å². The van der Waals surface area contributed by atoms with Crippen molar-refractivity contribution < 1.29 is 0 Å². The van der Waals surface area contributed by atoms with E-state index in [1.807, 2.05) is 0 Å². The minimum absolute atomic E-state index is 0.606. The number of nitrogens with one attached hydrogen (secondary N) is 1. The van der Waals surface area contributed by atoms with Crippen LogP contribution in [0.5, 0.6) is 0 Å². The van der Waals surface area contributed by atoms with Gasteiger partial charge in [0.15, 0.2) is 0 Å². The highest BCUT2D eigenvalue weighted by Crippen LogP contribution is 2.39. The fourth-order valence-electron chi connectivity index (χ4n) is 2.30. The lowest BCUT2D eigenvalue weighted by Gasteiger charge is -2.27. The van der Waals surface area contributed by atoms with Crippen molar-refractivity contribution in [1.82, 2.24) is 5.32 Å². The van der Waals surface area contributed by atoms with E-state index in [-0.39, 0.29) is 0 Å². The van der Waals surface area contributed by atoms with Crippen LogP contribution in [0.15, 0.2) is 0 Å². The summed E-state index contributed by atoms with van der Waals surface area (Å²) in [4.78, 5) is 0. The molecule has 0 saturated heterocycles. The van der Waals surface area contributed by atoms with Gasteiger partial charge < -0.3 is 5.32 Å². The Morgan fingerprint density at radius 2 is 2.00 bits per heavy atom. The maximum atomic E-state index is 3.66. The lowest BCUT2D eigenvalue weighted by Crippen LogP contribution is -2.35. The molecule has 0 heterocycles. The molecule has 2 aliphatic rings. The van der Waals surface area contributed by atoms with Gasteiger partial charge in [-0.05, 0) is 44.4 Å². The Morgan fingerprint density at radius 3 is 2.54 bits per heavy atom. The molecule has 0 radical (unpaired) electrons. The molecule has 0 aromatic rings. The molecule has 2 rings (SSSR count). The Kier molecular flexibility index (Phi) is 3.20. The number of rotatable bonds is 5. The van der Waals surface area contributed by atoms with Crippen LogP contribution >= 0.6 is 11.8 Å². The molecule has 2 saturated carbocycles. The summed E-state index contributed by atoms with van der Waals surface area (Å²) in [5.41, 5.74) is 0. The molecule has 2 aliphatic carbocycles. The summed E-state index contributed by atoms with van der Waals surface area (Å²) in [5, 5.41) is 3.66. The number of hydrogen-bond acceptors (Lipinski definition) is 2. The zero-order valence-electron chi connectivity index (χ0n) is 8.64. The van der Waals surface area contributed by atoms with Gasteiger partial charge in [0, 0.05) is 11.3 Å². The van der Waals surface area contributed by atoms with Crippen LogP contribution < -0.4 is 5.32 Å². The Labute approximate surface area is 86.0 Å². The normalized spacial score (nSPS) is 26.5. The van der Waals surface area contributed by atoms with Crippen molar-refractivity contribution >= 4 is 11.8 Å². The Balaban J connectivity index is 1.69. The molecular formula is C11H21NS. The molecule has 0 amide bonds. The van der Waals surface area contributed by atoms with Crippen LogP contribution in [0.3, 0.4) is 0 Å². The second-order valence-electron chi connectivity index (χ2n) is 4.67. The molecular weight excluding hydrogens is 178 g/mol. The van der Waals surface area contributed by atoms with Crippen LogP contribution in [0.25, 0.3) is 0 Å². The molecule has 2 heteroatoms. The highest BCUT2D eigenvalue weighted by atomic mass is 32.2. The van der Waals surface area contributed by atoms with Crippen molar-refractivity contribution in [3.8, 4) is 0 Å². The Hall–Kier alpha value is 0.310. The molecule has 0 unspecified atom stereocenters. The third-order valence-electron chi connectivity index (χ3n) is 3.52. The van der Waals surface area contributed by atoms with Gasteiger partial charge in [0.1, 0.15) is 0 Å². The molecule has 0 aromatic heterocycles. The van der Waals surface area contributed by atoms with Crippen LogP contribution in [0, 0.1) is 5.92 Å². The summed E-state index contributed by atoms with van der Waals surface area (Å²) < 4.78 is 0.606. The molecule has 2 fully saturated rings. The van der Waals surface area contributed by atoms with Crippen molar-refractivity contribution in [2.75, 3.05) is 19.3 Å². The van der Waals surface area contributed by atoms with Gasteiger partial charge in [0.05, 0.1) is 0 Å². The first-order valence-electron chi connectivity index (χ1n) is 5.60. The van der Waals surface area contributed by atoms with Gasteiger partial charge in [-0.15, -0.1) is 0 Å². The predicted molar refractivity (Wildman–Crippen MR) is 60.3 cm³/mol. The fraction of sp³-hybridized carbons (Fsp3) is 1.00. The van der Waals surface area contributed by atoms with Crippen LogP contribution in [-0.4, -0.2) is 24.1 Å². The van der Waals surface area contributed by atoms with Crippen molar-refractivity contribution in [3.63, 3.8) is 0 Å². The van der Waals surface area contributed by atoms with Crippen LogP contribution in [0.1, 0.15) is 38.5 Å². The van der Waals surface area contributed by atoms with Crippen molar-refractivity contribution in [2.24, 2.45) is 5.92 Å². The molecule has 76 valence electrons. The second-order valence-corrected chi connectivity index (χ2v) is 5.94. The summed E-state index contributed by atoms with van der Waals surface area (Å²) >= 11 is 2.09. The second kappa shape index (κ2) is 4.22. The average molecular weight is 199 g/mol. The summed E-state index contributed by atoms with van der Waals surface area (Å²) in [6.45, 7) is 2.53. The molecule has 1 nitrogen and oxygen atoms in total. The van der Waals surface area contributed by atoms with E-state index in [1.54, 1.807) is 0 Å². The lowest BCUT2D eigenvalue weighted by molar-refractivity contribution is 0.521. The Bertz CT molecular complexity index is 159. The topological polar surface area (TPSA) is 12.0 Å². The summed E-state index contributed by atoms with van der Waals surface area (Å²) in [7, 11) is 0. The zero-order valence-corrected chi connectivity index (χ0v) is 9.46. The monoisotopic (exact) mass is 199 g/mol. The van der Waals surface area contributed by atoms with Crippen molar-refractivity contribution in [2.45, 2.75) is 43.3 Å². The molecule has 0 atom stereocenters. The van der Waals surface area contributed by atoms with Gasteiger partial charge in [-0.3, -0.25) is 0 Å². The van der Waals surface area contributed by atoms with E-state index in [2.05, 4.69) is 23.3 Å². The van der Waals surface area contributed by atoms with E-state index in [0.29, 0.717) is 4.75 Å². The van der Waals surface area contributed by atoms with Crippen LogP contribution in [-0.2, 0) is 0 Å². The van der Waals surface area contributed by atoms with E-state index < -0.39 is 0 Å². The summed E-state index contributed by atoms with van der Waals surface area (Å²) in [6.07, 6.45) is 11.0. The van der Waals surface area contributed by atoms with Gasteiger partial charge in [0.25, 0.3) is 0 Å². The maximum absolute atomic E-state index is 3.66. The van der Waals surface area contributed by atoms with Gasteiger partial charge >= 0.3 is 0 Å². The van der Waals surface area contributed by atoms with E-state index in [1.165, 1.54) is 51.6 Å². The van der Waals surface area contributed by atoms with E-state index in [0.717, 1.165) is 5.92 Å². The fourth-order valence-corrected chi connectivity index (χ4v) is 3.24. The minimum Gasteiger partial charge on any atom is -0.315 e. The standard InChI is InChI=1S/C11H21NS/c1-13-11(6-2-3-7-11)9-12-8-10-4-5-10/h10,12H,2-9H2,1H3. The van der Waals surface area contributed by atoms with Crippen LogP contribution in [0.2, 0.25) is 0 Å². The van der Waals surface area contributed by atoms with Gasteiger partial charge in [0.2, 0.25) is 0 Å². The largest absolute Gasteiger partial charge is 0.315 e. The maximum Gasteiger partial charge on any atom is 0.0281 e. The first-order chi connectivity index (χ1) is 6.35. The van der Waals surface area contributed by atoms with Gasteiger partial charge in [-0.2, -0.15) is 11.8 Å². The SMILES string of the molecule is CSC1(CNCC2CC2)CCCC1. The number of hydrogen-bond donors (Lipinski definition) is 1. The van der Waals surface area contributed by atoms with Gasteiger partial charge in [-0.25, -0.2) is 0 Å². The predicted octanol–water partition coefficient (Wildman–Crippen LogP) is 2.66. The van der Waals surface area contributed by atoms with Crippen LogP contribution in [0.4, 0.5) is 0 Å². The lowest BCUT2D eigenvalue weighted by atomic mass is 10.1. The highest BCUT2D eigenvalue weighted by Gasteiger charge is 2.33. The molecule has 0 spiro atoms. The third-order valence-corrected chi connectivity index (χ3v) is 4.94. The molecule has 1 N–H and O–H groups in total. The van der Waals surface area contributed by atoms with Crippen molar-refractivity contribution in [3.05, 3.63) is 0 Å². The average Bonchev–Trinajstić information content (AvgIpc) is 2.84. The van der Waals surface area contributed by atoms with Gasteiger partial charge in [-0.1, -0.05) is 12.8 Å². The third kappa shape index (κ3) is 2.63. The smallest absolute Gasteiger partial charge is 0.0281 e. The zero-order chi connectivity index (χ0) is 9.15. The summed E-state index contributed by atoms with van der Waals surface area (Å²) in [6, 6.07) is 0. The number of thioether (sulfide) groups is 1. The molecule has 0 bridgehead atoms. The molecule has 13 heavy (non-hydrogen) atoms. The quantitative estimate of drug-likeness (QED) is 0.730. The first kappa shape index (κ1) is 9.85. The van der Waals surface area contributed by atoms with E-state index in [4.69, 9.17) is 0 Å². The van der Waals surface area contributed by atoms with E-state index >= 15 is 0 Å². The summed E-state index contributed by atoms with van der Waals surface area (Å²) in [5.74, 6) is 1.03. The highest BCUT2D eigenvalue weighted by molar-refractivity contribution is 8.00. The first-order valence-corrected chi connectivity index (χ1v) is 6.83. The molecule has 0 aromatic carbocycles. The van der Waals surface area contributed by atoms with E-state index in [9.17, 15) is 0 Å².